The Kier molecular flexibility index (Phi) is 5.35. The van der Waals surface area contributed by atoms with Crippen molar-refractivity contribution < 1.29 is 14.0 Å². The molecule has 2 amide bonds. The molecule has 136 valence electrons. The number of nitrogens with zero attached hydrogens (tertiary/aromatic N) is 1. The summed E-state index contributed by atoms with van der Waals surface area (Å²) in [5.74, 6) is -0.691. The van der Waals surface area contributed by atoms with Gasteiger partial charge in [-0.2, -0.15) is 0 Å². The van der Waals surface area contributed by atoms with Crippen molar-refractivity contribution in [3.05, 3.63) is 59.9 Å². The molecule has 4 nitrogen and oxygen atoms in total. The van der Waals surface area contributed by atoms with Crippen molar-refractivity contribution >= 4 is 23.2 Å². The summed E-state index contributed by atoms with van der Waals surface area (Å²) < 4.78 is 13.0. The molecule has 1 aliphatic rings. The molecule has 0 aliphatic carbocycles. The van der Waals surface area contributed by atoms with Crippen molar-refractivity contribution in [1.29, 1.82) is 0 Å². The van der Waals surface area contributed by atoms with E-state index in [1.165, 1.54) is 24.3 Å². The Morgan fingerprint density at radius 3 is 2.62 bits per heavy atom. The molecule has 1 N–H and O–H groups in total. The first-order valence-corrected chi connectivity index (χ1v) is 8.95. The average Bonchev–Trinajstić information content (AvgIpc) is 3.04. The molecule has 0 spiro atoms. The Balaban J connectivity index is 1.75. The Hall–Kier alpha value is -2.69. The van der Waals surface area contributed by atoms with Crippen molar-refractivity contribution in [2.75, 3.05) is 16.8 Å². The third-order valence-corrected chi connectivity index (χ3v) is 4.98. The minimum atomic E-state index is -0.419. The van der Waals surface area contributed by atoms with Crippen LogP contribution in [0.5, 0.6) is 0 Å². The quantitative estimate of drug-likeness (QED) is 0.869. The number of halogens is 1. The maximum absolute atomic E-state index is 13.0. The summed E-state index contributed by atoms with van der Waals surface area (Å²) in [4.78, 5) is 26.8. The highest BCUT2D eigenvalue weighted by atomic mass is 19.1. The molecule has 0 saturated carbocycles. The molecule has 1 heterocycles. The van der Waals surface area contributed by atoms with Gasteiger partial charge >= 0.3 is 0 Å². The lowest BCUT2D eigenvalue weighted by molar-refractivity contribution is -0.122. The molecule has 3 rings (SSSR count). The highest BCUT2D eigenvalue weighted by molar-refractivity contribution is 6.03. The van der Waals surface area contributed by atoms with Gasteiger partial charge in [0.2, 0.25) is 11.8 Å². The highest BCUT2D eigenvalue weighted by Crippen LogP contribution is 2.33. The zero-order valence-corrected chi connectivity index (χ0v) is 15.0. The third-order valence-electron chi connectivity index (χ3n) is 4.98. The van der Waals surface area contributed by atoms with Crippen LogP contribution < -0.4 is 10.2 Å². The standard InChI is InChI=1S/C21H23FN2O2/c1-3-14(2)18-6-4-5-7-19(18)24-13-15(12-20(24)25)21(26)23-17-10-8-16(22)9-11-17/h4-11,14-15H,3,12-13H2,1-2H3,(H,23,26)/t14-,15+/m1/s1. The number of amides is 2. The van der Waals surface area contributed by atoms with E-state index in [2.05, 4.69) is 19.2 Å². The number of benzene rings is 2. The van der Waals surface area contributed by atoms with Crippen LogP contribution >= 0.6 is 0 Å². The number of rotatable bonds is 5. The van der Waals surface area contributed by atoms with Crippen molar-refractivity contribution in [2.24, 2.45) is 5.92 Å². The van der Waals surface area contributed by atoms with Crippen molar-refractivity contribution in [3.63, 3.8) is 0 Å². The monoisotopic (exact) mass is 354 g/mol. The van der Waals surface area contributed by atoms with Crippen LogP contribution in [0.2, 0.25) is 0 Å². The van der Waals surface area contributed by atoms with Crippen LogP contribution in [0.1, 0.15) is 38.2 Å². The molecule has 0 unspecified atom stereocenters. The maximum Gasteiger partial charge on any atom is 0.229 e. The van der Waals surface area contributed by atoms with Crippen LogP contribution in [0, 0.1) is 11.7 Å². The molecular formula is C21H23FN2O2. The maximum atomic E-state index is 13.0. The van der Waals surface area contributed by atoms with Gasteiger partial charge in [0.1, 0.15) is 5.82 Å². The number of hydrogen-bond acceptors (Lipinski definition) is 2. The van der Waals surface area contributed by atoms with E-state index >= 15 is 0 Å². The molecule has 2 aromatic rings. The molecular weight excluding hydrogens is 331 g/mol. The van der Waals surface area contributed by atoms with Gasteiger partial charge in [-0.15, -0.1) is 0 Å². The van der Waals surface area contributed by atoms with Gasteiger partial charge in [0, 0.05) is 24.3 Å². The van der Waals surface area contributed by atoms with Crippen LogP contribution in [-0.4, -0.2) is 18.4 Å². The molecule has 26 heavy (non-hydrogen) atoms. The molecule has 0 radical (unpaired) electrons. The minimum absolute atomic E-state index is 0.0417. The van der Waals surface area contributed by atoms with E-state index in [4.69, 9.17) is 0 Å². The number of para-hydroxylation sites is 1. The normalized spacial score (nSPS) is 18.0. The number of carbonyl (C=O) groups excluding carboxylic acids is 2. The van der Waals surface area contributed by atoms with Crippen LogP contribution in [0.3, 0.4) is 0 Å². The van der Waals surface area contributed by atoms with Gasteiger partial charge in [-0.1, -0.05) is 32.0 Å². The molecule has 5 heteroatoms. The molecule has 1 aliphatic heterocycles. The summed E-state index contributed by atoms with van der Waals surface area (Å²) in [5.41, 5.74) is 2.55. The predicted octanol–water partition coefficient (Wildman–Crippen LogP) is 4.33. The molecule has 0 aromatic heterocycles. The molecule has 1 saturated heterocycles. The van der Waals surface area contributed by atoms with Crippen LogP contribution in [0.15, 0.2) is 48.5 Å². The number of anilines is 2. The summed E-state index contributed by atoms with van der Waals surface area (Å²) in [7, 11) is 0. The predicted molar refractivity (Wildman–Crippen MR) is 101 cm³/mol. The second kappa shape index (κ2) is 7.68. The second-order valence-corrected chi connectivity index (χ2v) is 6.77. The first kappa shape index (κ1) is 18.1. The Morgan fingerprint density at radius 1 is 1.23 bits per heavy atom. The van der Waals surface area contributed by atoms with Crippen molar-refractivity contribution in [2.45, 2.75) is 32.6 Å². The van der Waals surface area contributed by atoms with Gasteiger partial charge in [-0.3, -0.25) is 9.59 Å². The van der Waals surface area contributed by atoms with Crippen molar-refractivity contribution in [3.8, 4) is 0 Å². The highest BCUT2D eigenvalue weighted by Gasteiger charge is 2.36. The fourth-order valence-electron chi connectivity index (χ4n) is 3.26. The second-order valence-electron chi connectivity index (χ2n) is 6.77. The van der Waals surface area contributed by atoms with Crippen molar-refractivity contribution in [1.82, 2.24) is 0 Å². The number of carbonyl (C=O) groups is 2. The smallest absolute Gasteiger partial charge is 0.229 e. The van der Waals surface area contributed by atoms with Gasteiger partial charge in [0.25, 0.3) is 0 Å². The SMILES string of the molecule is CC[C@@H](C)c1ccccc1N1C[C@@H](C(=O)Nc2ccc(F)cc2)CC1=O. The number of hydrogen-bond donors (Lipinski definition) is 1. The lowest BCUT2D eigenvalue weighted by Gasteiger charge is -2.23. The summed E-state index contributed by atoms with van der Waals surface area (Å²) in [6.45, 7) is 4.61. The molecule has 1 fully saturated rings. The van der Waals surface area contributed by atoms with E-state index in [0.29, 0.717) is 18.2 Å². The molecule has 0 bridgehead atoms. The topological polar surface area (TPSA) is 49.4 Å². The van der Waals surface area contributed by atoms with Gasteiger partial charge < -0.3 is 10.2 Å². The average molecular weight is 354 g/mol. The van der Waals surface area contributed by atoms with Gasteiger partial charge in [-0.25, -0.2) is 4.39 Å². The first-order valence-electron chi connectivity index (χ1n) is 8.95. The van der Waals surface area contributed by atoms with Gasteiger partial charge in [0.15, 0.2) is 0 Å². The summed E-state index contributed by atoms with van der Waals surface area (Å²) in [5, 5.41) is 2.77. The fraction of sp³-hybridized carbons (Fsp3) is 0.333. The Morgan fingerprint density at radius 2 is 1.92 bits per heavy atom. The molecule has 2 atom stereocenters. The van der Waals surface area contributed by atoms with E-state index in [-0.39, 0.29) is 24.1 Å². The minimum Gasteiger partial charge on any atom is -0.326 e. The molecule has 2 aromatic carbocycles. The van der Waals surface area contributed by atoms with E-state index in [1.54, 1.807) is 4.90 Å². The van der Waals surface area contributed by atoms with Crippen LogP contribution in [0.25, 0.3) is 0 Å². The Bertz CT molecular complexity index is 804. The lowest BCUT2D eigenvalue weighted by atomic mass is 9.96. The first-order chi connectivity index (χ1) is 12.5. The number of nitrogens with one attached hydrogen (secondary N) is 1. The summed E-state index contributed by atoms with van der Waals surface area (Å²) >= 11 is 0. The van der Waals surface area contributed by atoms with Gasteiger partial charge in [-0.05, 0) is 48.2 Å². The van der Waals surface area contributed by atoms with Crippen LogP contribution in [-0.2, 0) is 9.59 Å². The van der Waals surface area contributed by atoms with E-state index in [1.807, 2.05) is 24.3 Å². The Labute approximate surface area is 153 Å². The summed E-state index contributed by atoms with van der Waals surface area (Å²) in [6.07, 6.45) is 1.16. The fourth-order valence-corrected chi connectivity index (χ4v) is 3.26. The van der Waals surface area contributed by atoms with E-state index < -0.39 is 5.92 Å². The summed E-state index contributed by atoms with van der Waals surface area (Å²) in [6, 6.07) is 13.5. The zero-order chi connectivity index (χ0) is 18.7. The van der Waals surface area contributed by atoms with Gasteiger partial charge in [0.05, 0.1) is 5.92 Å². The lowest BCUT2D eigenvalue weighted by Crippen LogP contribution is -2.29. The van der Waals surface area contributed by atoms with Crippen LogP contribution in [0.4, 0.5) is 15.8 Å². The largest absolute Gasteiger partial charge is 0.326 e. The van der Waals surface area contributed by atoms with E-state index in [0.717, 1.165) is 17.7 Å². The zero-order valence-electron chi connectivity index (χ0n) is 15.0. The van der Waals surface area contributed by atoms with E-state index in [9.17, 15) is 14.0 Å². The third kappa shape index (κ3) is 3.77.